The number of hydrogen-bond acceptors (Lipinski definition) is 3. The highest BCUT2D eigenvalue weighted by atomic mass is 35.5. The zero-order valence-corrected chi connectivity index (χ0v) is 15.0. The topological polar surface area (TPSA) is 42.0 Å². The van der Waals surface area contributed by atoms with Crippen LogP contribution in [0.4, 0.5) is 0 Å². The normalized spacial score (nSPS) is 15.6. The van der Waals surface area contributed by atoms with E-state index in [-0.39, 0.29) is 5.91 Å². The van der Waals surface area contributed by atoms with Gasteiger partial charge in [0.15, 0.2) is 0 Å². The summed E-state index contributed by atoms with van der Waals surface area (Å²) in [6.07, 6.45) is 6.16. The molecule has 1 N–H and O–H groups in total. The molecule has 1 amide bonds. The van der Waals surface area contributed by atoms with Crippen LogP contribution >= 0.6 is 34.5 Å². The quantitative estimate of drug-likeness (QED) is 0.814. The van der Waals surface area contributed by atoms with Crippen LogP contribution in [0.3, 0.4) is 0 Å². The number of amides is 1. The second-order valence-corrected chi connectivity index (χ2v) is 7.49. The Balaban J connectivity index is 1.66. The molecule has 0 bridgehead atoms. The fraction of sp³-hybridized carbons (Fsp3) is 0.412. The molecule has 1 aromatic carbocycles. The van der Waals surface area contributed by atoms with Crippen molar-refractivity contribution in [3.63, 3.8) is 0 Å². The number of carbonyl (C=O) groups is 1. The molecular weight excluding hydrogens is 351 g/mol. The number of nitrogens with zero attached hydrogens (tertiary/aromatic N) is 1. The molecule has 1 heterocycles. The molecule has 1 fully saturated rings. The molecule has 2 aromatic rings. The van der Waals surface area contributed by atoms with E-state index >= 15 is 0 Å². The van der Waals surface area contributed by atoms with Crippen molar-refractivity contribution in [3.8, 4) is 10.6 Å². The van der Waals surface area contributed by atoms with Crippen LogP contribution in [0.5, 0.6) is 0 Å². The minimum absolute atomic E-state index is 0.0407. The van der Waals surface area contributed by atoms with Crippen LogP contribution in [-0.2, 0) is 11.2 Å². The fourth-order valence-corrected chi connectivity index (χ4v) is 4.48. The van der Waals surface area contributed by atoms with E-state index in [1.807, 2.05) is 5.38 Å². The Kier molecular flexibility index (Phi) is 5.57. The van der Waals surface area contributed by atoms with Gasteiger partial charge in [-0.05, 0) is 25.0 Å². The van der Waals surface area contributed by atoms with E-state index in [0.29, 0.717) is 22.5 Å². The van der Waals surface area contributed by atoms with E-state index < -0.39 is 0 Å². The summed E-state index contributed by atoms with van der Waals surface area (Å²) in [5, 5.41) is 6.91. The highest BCUT2D eigenvalue weighted by Crippen LogP contribution is 2.36. The molecular formula is C17H18Cl2N2OS. The molecule has 0 aliphatic heterocycles. The molecule has 1 aromatic heterocycles. The Labute approximate surface area is 150 Å². The molecule has 0 spiro atoms. The van der Waals surface area contributed by atoms with Gasteiger partial charge in [-0.3, -0.25) is 4.79 Å². The molecule has 1 saturated carbocycles. The van der Waals surface area contributed by atoms with Gasteiger partial charge in [0.25, 0.3) is 0 Å². The van der Waals surface area contributed by atoms with E-state index in [1.54, 1.807) is 18.2 Å². The first-order valence-electron chi connectivity index (χ1n) is 7.81. The third-order valence-electron chi connectivity index (χ3n) is 4.04. The Hall–Kier alpha value is -1.10. The third kappa shape index (κ3) is 4.25. The fourth-order valence-electron chi connectivity index (χ4n) is 2.90. The van der Waals surface area contributed by atoms with E-state index in [0.717, 1.165) is 29.1 Å². The summed E-state index contributed by atoms with van der Waals surface area (Å²) >= 11 is 13.9. The van der Waals surface area contributed by atoms with Crippen LogP contribution in [0.2, 0.25) is 10.0 Å². The maximum absolute atomic E-state index is 12.2. The molecule has 0 atom stereocenters. The average Bonchev–Trinajstić information content (AvgIpc) is 2.96. The van der Waals surface area contributed by atoms with E-state index in [9.17, 15) is 4.79 Å². The van der Waals surface area contributed by atoms with Crippen LogP contribution in [0.1, 0.15) is 37.8 Å². The van der Waals surface area contributed by atoms with Crippen LogP contribution in [-0.4, -0.2) is 16.9 Å². The first kappa shape index (κ1) is 16.7. The monoisotopic (exact) mass is 368 g/mol. The zero-order valence-electron chi connectivity index (χ0n) is 12.6. The molecule has 0 unspecified atom stereocenters. The van der Waals surface area contributed by atoms with Gasteiger partial charge in [-0.1, -0.05) is 48.5 Å². The minimum Gasteiger partial charge on any atom is -0.353 e. The predicted molar refractivity (Wildman–Crippen MR) is 96.3 cm³/mol. The summed E-state index contributed by atoms with van der Waals surface area (Å²) < 4.78 is 0. The molecule has 1 aliphatic rings. The maximum Gasteiger partial charge on any atom is 0.226 e. The lowest BCUT2D eigenvalue weighted by atomic mass is 9.95. The zero-order chi connectivity index (χ0) is 16.2. The van der Waals surface area contributed by atoms with Gasteiger partial charge in [0.2, 0.25) is 5.91 Å². The largest absolute Gasteiger partial charge is 0.353 e. The number of thiazole rings is 1. The average molecular weight is 369 g/mol. The van der Waals surface area contributed by atoms with Crippen LogP contribution in [0.25, 0.3) is 10.6 Å². The maximum atomic E-state index is 12.2. The van der Waals surface area contributed by atoms with Crippen molar-refractivity contribution in [2.75, 3.05) is 0 Å². The summed E-state index contributed by atoms with van der Waals surface area (Å²) in [5.41, 5.74) is 1.49. The molecule has 3 nitrogen and oxygen atoms in total. The number of hydrogen-bond donors (Lipinski definition) is 1. The Morgan fingerprint density at radius 1 is 1.22 bits per heavy atom. The lowest BCUT2D eigenvalue weighted by molar-refractivity contribution is -0.121. The molecule has 122 valence electrons. The second-order valence-electron chi connectivity index (χ2n) is 5.82. The minimum atomic E-state index is 0.0407. The molecule has 23 heavy (non-hydrogen) atoms. The van der Waals surface area contributed by atoms with Crippen molar-refractivity contribution in [3.05, 3.63) is 39.3 Å². The molecule has 0 saturated heterocycles. The highest BCUT2D eigenvalue weighted by molar-refractivity contribution is 7.13. The lowest BCUT2D eigenvalue weighted by Gasteiger charge is -2.22. The van der Waals surface area contributed by atoms with Crippen LogP contribution in [0.15, 0.2) is 23.6 Å². The van der Waals surface area contributed by atoms with Crippen molar-refractivity contribution < 1.29 is 4.79 Å². The van der Waals surface area contributed by atoms with Gasteiger partial charge in [0.1, 0.15) is 5.01 Å². The van der Waals surface area contributed by atoms with E-state index in [1.165, 1.54) is 30.6 Å². The van der Waals surface area contributed by atoms with Crippen LogP contribution < -0.4 is 5.32 Å². The standard InChI is InChI=1S/C17H18Cl2N2OS/c18-13-7-4-8-14(19)16(13)17-21-12(10-23-17)9-15(22)20-11-5-2-1-3-6-11/h4,7-8,10-11H,1-3,5-6,9H2,(H,20,22). The number of benzene rings is 1. The summed E-state index contributed by atoms with van der Waals surface area (Å²) in [4.78, 5) is 16.7. The van der Waals surface area contributed by atoms with Gasteiger partial charge in [0, 0.05) is 17.0 Å². The number of halogens is 2. The van der Waals surface area contributed by atoms with Gasteiger partial charge in [-0.25, -0.2) is 4.98 Å². The van der Waals surface area contributed by atoms with E-state index in [4.69, 9.17) is 23.2 Å². The predicted octanol–water partition coefficient (Wildman–Crippen LogP) is 5.11. The number of nitrogens with one attached hydrogen (secondary N) is 1. The smallest absolute Gasteiger partial charge is 0.226 e. The second kappa shape index (κ2) is 7.65. The van der Waals surface area contributed by atoms with Gasteiger partial charge >= 0.3 is 0 Å². The third-order valence-corrected chi connectivity index (χ3v) is 5.58. The van der Waals surface area contributed by atoms with Crippen LogP contribution in [0, 0.1) is 0 Å². The Bertz CT molecular complexity index is 675. The lowest BCUT2D eigenvalue weighted by Crippen LogP contribution is -2.37. The summed E-state index contributed by atoms with van der Waals surface area (Å²) in [5.74, 6) is 0.0407. The first-order chi connectivity index (χ1) is 11.1. The number of carbonyl (C=O) groups excluding carboxylic acids is 1. The van der Waals surface area contributed by atoms with E-state index in [2.05, 4.69) is 10.3 Å². The SMILES string of the molecule is O=C(Cc1csc(-c2c(Cl)cccc2Cl)n1)NC1CCCCC1. The number of rotatable bonds is 4. The summed E-state index contributed by atoms with van der Waals surface area (Å²) in [6, 6.07) is 5.71. The summed E-state index contributed by atoms with van der Waals surface area (Å²) in [6.45, 7) is 0. The van der Waals surface area contributed by atoms with Gasteiger partial charge in [-0.15, -0.1) is 11.3 Å². The Morgan fingerprint density at radius 3 is 2.61 bits per heavy atom. The molecule has 3 rings (SSSR count). The Morgan fingerprint density at radius 2 is 1.91 bits per heavy atom. The van der Waals surface area contributed by atoms with Crippen molar-refractivity contribution in [1.29, 1.82) is 0 Å². The van der Waals surface area contributed by atoms with Crippen molar-refractivity contribution in [2.45, 2.75) is 44.6 Å². The van der Waals surface area contributed by atoms with Gasteiger partial charge in [0.05, 0.1) is 22.2 Å². The molecule has 1 aliphatic carbocycles. The number of aromatic nitrogens is 1. The van der Waals surface area contributed by atoms with Gasteiger partial charge < -0.3 is 5.32 Å². The molecule has 6 heteroatoms. The van der Waals surface area contributed by atoms with Crippen molar-refractivity contribution >= 4 is 40.4 Å². The first-order valence-corrected chi connectivity index (χ1v) is 9.45. The van der Waals surface area contributed by atoms with Crippen molar-refractivity contribution in [2.24, 2.45) is 0 Å². The highest BCUT2D eigenvalue weighted by Gasteiger charge is 2.17. The summed E-state index contributed by atoms with van der Waals surface area (Å²) in [7, 11) is 0. The van der Waals surface area contributed by atoms with Gasteiger partial charge in [-0.2, -0.15) is 0 Å². The van der Waals surface area contributed by atoms with Crippen molar-refractivity contribution in [1.82, 2.24) is 10.3 Å². The molecule has 0 radical (unpaired) electrons.